The van der Waals surface area contributed by atoms with Crippen LogP contribution in [0.1, 0.15) is 33.4 Å². The molecule has 1 aliphatic rings. The molecule has 2 rings (SSSR count). The van der Waals surface area contributed by atoms with E-state index < -0.39 is 23.2 Å². The van der Waals surface area contributed by atoms with Crippen LogP contribution in [0.5, 0.6) is 0 Å². The minimum Gasteiger partial charge on any atom is -0.345 e. The average Bonchev–Trinajstić information content (AvgIpc) is 2.65. The maximum absolute atomic E-state index is 11.9. The van der Waals surface area contributed by atoms with E-state index in [1.807, 2.05) is 20.8 Å². The predicted octanol–water partition coefficient (Wildman–Crippen LogP) is 1.75. The van der Waals surface area contributed by atoms with Crippen molar-refractivity contribution in [3.05, 3.63) is 43.5 Å². The number of azide groups is 1. The van der Waals surface area contributed by atoms with Crippen molar-refractivity contribution < 1.29 is 4.74 Å². The van der Waals surface area contributed by atoms with Gasteiger partial charge >= 0.3 is 5.69 Å². The normalized spacial score (nSPS) is 32.9. The maximum Gasteiger partial charge on any atom is 0.330 e. The summed E-state index contributed by atoms with van der Waals surface area (Å²) in [4.78, 5) is 28.0. The monoisotopic (exact) mass is 279 g/mol. The second-order valence-electron chi connectivity index (χ2n) is 5.06. The van der Waals surface area contributed by atoms with Crippen LogP contribution >= 0.6 is 0 Å². The summed E-state index contributed by atoms with van der Waals surface area (Å²) in [5.74, 6) is -0.0868. The molecule has 1 saturated heterocycles. The highest BCUT2D eigenvalue weighted by Crippen LogP contribution is 2.47. The molecule has 0 spiro atoms. The van der Waals surface area contributed by atoms with E-state index in [2.05, 4.69) is 15.0 Å². The highest BCUT2D eigenvalue weighted by molar-refractivity contribution is 4.96. The van der Waals surface area contributed by atoms with Crippen LogP contribution in [-0.2, 0) is 4.74 Å². The summed E-state index contributed by atoms with van der Waals surface area (Å²) in [5, 5.41) is 3.80. The molecular weight excluding hydrogens is 262 g/mol. The van der Waals surface area contributed by atoms with E-state index in [4.69, 9.17) is 10.3 Å². The van der Waals surface area contributed by atoms with Gasteiger partial charge in [-0.2, -0.15) is 0 Å². The Morgan fingerprint density at radius 3 is 2.80 bits per heavy atom. The molecule has 1 aliphatic heterocycles. The summed E-state index contributed by atoms with van der Waals surface area (Å²) in [6.45, 7) is 5.73. The number of hydrogen-bond donors (Lipinski definition) is 1. The molecule has 1 aromatic heterocycles. The minimum absolute atomic E-state index is 0.0379. The number of hydrogen-bond acceptors (Lipinski definition) is 4. The molecule has 0 radical (unpaired) electrons. The fourth-order valence-corrected chi connectivity index (χ4v) is 2.69. The third-order valence-corrected chi connectivity index (χ3v) is 4.12. The Labute approximate surface area is 115 Å². The topological polar surface area (TPSA) is 113 Å². The largest absolute Gasteiger partial charge is 0.345 e. The summed E-state index contributed by atoms with van der Waals surface area (Å²) >= 11 is 0. The van der Waals surface area contributed by atoms with Gasteiger partial charge in [0.1, 0.15) is 6.23 Å². The van der Waals surface area contributed by atoms with E-state index in [9.17, 15) is 9.59 Å². The molecule has 8 nitrogen and oxygen atoms in total. The lowest BCUT2D eigenvalue weighted by molar-refractivity contribution is -0.0859. The molecule has 0 aliphatic carbocycles. The highest BCUT2D eigenvalue weighted by Gasteiger charge is 2.50. The second kappa shape index (κ2) is 5.15. The van der Waals surface area contributed by atoms with Gasteiger partial charge < -0.3 is 4.74 Å². The third-order valence-electron chi connectivity index (χ3n) is 4.12. The quantitative estimate of drug-likeness (QED) is 0.516. The smallest absolute Gasteiger partial charge is 0.330 e. The first kappa shape index (κ1) is 14.4. The van der Waals surface area contributed by atoms with Crippen molar-refractivity contribution in [2.75, 3.05) is 0 Å². The summed E-state index contributed by atoms with van der Waals surface area (Å²) in [5.41, 5.74) is 6.78. The van der Waals surface area contributed by atoms with Gasteiger partial charge in [0.15, 0.2) is 5.72 Å². The summed E-state index contributed by atoms with van der Waals surface area (Å²) < 4.78 is 7.22. The zero-order valence-electron chi connectivity index (χ0n) is 11.6. The van der Waals surface area contributed by atoms with Crippen molar-refractivity contribution in [3.8, 4) is 0 Å². The number of aromatic nitrogens is 2. The van der Waals surface area contributed by atoms with Gasteiger partial charge in [0, 0.05) is 23.1 Å². The fraction of sp³-hybridized carbons (Fsp3) is 0.667. The van der Waals surface area contributed by atoms with Gasteiger partial charge in [-0.15, -0.1) is 0 Å². The van der Waals surface area contributed by atoms with Crippen molar-refractivity contribution in [1.82, 2.24) is 9.55 Å². The van der Waals surface area contributed by atoms with Crippen LogP contribution in [0.4, 0.5) is 0 Å². The van der Waals surface area contributed by atoms with Crippen LogP contribution < -0.4 is 11.2 Å². The number of ether oxygens (including phenoxy) is 1. The van der Waals surface area contributed by atoms with Gasteiger partial charge in [0.25, 0.3) is 5.56 Å². The number of rotatable bonds is 3. The van der Waals surface area contributed by atoms with Crippen molar-refractivity contribution >= 4 is 0 Å². The summed E-state index contributed by atoms with van der Waals surface area (Å²) in [6, 6.07) is 1.27. The molecular formula is C12H17N5O3. The van der Waals surface area contributed by atoms with Gasteiger partial charge in [-0.1, -0.05) is 25.9 Å². The predicted molar refractivity (Wildman–Crippen MR) is 71.9 cm³/mol. The molecule has 4 atom stereocenters. The van der Waals surface area contributed by atoms with E-state index in [1.165, 1.54) is 16.8 Å². The van der Waals surface area contributed by atoms with Crippen LogP contribution in [0.15, 0.2) is 27.0 Å². The molecule has 0 unspecified atom stereocenters. The Bertz CT molecular complexity index is 660. The Hall–Kier alpha value is -2.05. The first-order valence-electron chi connectivity index (χ1n) is 6.50. The van der Waals surface area contributed by atoms with Crippen LogP contribution in [-0.4, -0.2) is 15.3 Å². The Balaban J connectivity index is 2.47. The van der Waals surface area contributed by atoms with Crippen LogP contribution in [0.25, 0.3) is 10.4 Å². The fourth-order valence-electron chi connectivity index (χ4n) is 2.69. The van der Waals surface area contributed by atoms with Crippen LogP contribution in [0.3, 0.4) is 0 Å². The Morgan fingerprint density at radius 1 is 1.55 bits per heavy atom. The lowest BCUT2D eigenvalue weighted by Gasteiger charge is -2.26. The number of nitrogens with one attached hydrogen (secondary N) is 1. The first-order chi connectivity index (χ1) is 9.45. The van der Waals surface area contributed by atoms with Gasteiger partial charge in [-0.25, -0.2) is 4.79 Å². The second-order valence-corrected chi connectivity index (χ2v) is 5.06. The Morgan fingerprint density at radius 2 is 2.25 bits per heavy atom. The van der Waals surface area contributed by atoms with E-state index in [1.54, 1.807) is 0 Å². The van der Waals surface area contributed by atoms with Gasteiger partial charge in [0.2, 0.25) is 0 Å². The lowest BCUT2D eigenvalue weighted by Crippen LogP contribution is -2.34. The minimum atomic E-state index is -0.964. The highest BCUT2D eigenvalue weighted by atomic mass is 16.5. The number of H-pyrrole nitrogens is 1. The molecule has 1 aromatic rings. The summed E-state index contributed by atoms with van der Waals surface area (Å²) in [6.07, 6.45) is 1.34. The standard InChI is InChI=1S/C12H17N5O3/c1-4-12(15-16-13)8(3)7(2)10(20-12)17-6-5-9(18)14-11(17)19/h5-8,10H,4H2,1-3H3,(H,14,18,19)/t7-,8+,10-,12-/m1/s1. The van der Waals surface area contributed by atoms with Gasteiger partial charge in [-0.05, 0) is 17.9 Å². The van der Waals surface area contributed by atoms with Gasteiger partial charge in [0.05, 0.1) is 0 Å². The van der Waals surface area contributed by atoms with E-state index in [-0.39, 0.29) is 11.8 Å². The SMILES string of the molecule is CC[C@@]1(N=[N+]=[N-])O[C@@H](n2ccc(=O)[nH]c2=O)[C@H](C)[C@@H]1C. The third kappa shape index (κ3) is 2.13. The molecule has 1 N–H and O–H groups in total. The van der Waals surface area contributed by atoms with Crippen molar-refractivity contribution in [3.63, 3.8) is 0 Å². The molecule has 0 bridgehead atoms. The maximum atomic E-state index is 11.9. The molecule has 0 aromatic carbocycles. The molecule has 108 valence electrons. The zero-order chi connectivity index (χ0) is 14.9. The lowest BCUT2D eigenvalue weighted by atomic mass is 9.87. The van der Waals surface area contributed by atoms with Crippen molar-refractivity contribution in [2.24, 2.45) is 17.0 Å². The van der Waals surface area contributed by atoms with Gasteiger partial charge in [-0.3, -0.25) is 14.3 Å². The molecule has 0 saturated carbocycles. The molecule has 8 heteroatoms. The number of nitrogens with zero attached hydrogens (tertiary/aromatic N) is 4. The van der Waals surface area contributed by atoms with Crippen molar-refractivity contribution in [2.45, 2.75) is 39.1 Å². The van der Waals surface area contributed by atoms with Crippen molar-refractivity contribution in [1.29, 1.82) is 0 Å². The molecule has 2 heterocycles. The molecule has 0 amide bonds. The molecule has 1 fully saturated rings. The van der Waals surface area contributed by atoms with Crippen LogP contribution in [0.2, 0.25) is 0 Å². The average molecular weight is 279 g/mol. The zero-order valence-corrected chi connectivity index (χ0v) is 11.6. The molecule has 20 heavy (non-hydrogen) atoms. The number of aromatic amines is 1. The first-order valence-corrected chi connectivity index (χ1v) is 6.50. The summed E-state index contributed by atoms with van der Waals surface area (Å²) in [7, 11) is 0. The van der Waals surface area contributed by atoms with E-state index >= 15 is 0 Å². The van der Waals surface area contributed by atoms with Crippen LogP contribution in [0, 0.1) is 11.8 Å². The van der Waals surface area contributed by atoms with E-state index in [0.29, 0.717) is 6.42 Å². The Kier molecular flexibility index (Phi) is 3.69. The van der Waals surface area contributed by atoms with E-state index in [0.717, 1.165) is 0 Å².